The smallest absolute Gasteiger partial charge is 0.0674 e. The summed E-state index contributed by atoms with van der Waals surface area (Å²) in [6, 6.07) is 2.37. The van der Waals surface area contributed by atoms with E-state index in [1.54, 1.807) is 0 Å². The predicted molar refractivity (Wildman–Crippen MR) is 81.7 cm³/mol. The number of nitrogens with zero attached hydrogens (tertiary/aromatic N) is 1. The SMILES string of the molecule is CCNCc1cc(CN2CCCOC(C)C2)c(C)s1. The minimum atomic E-state index is 0.364. The second kappa shape index (κ2) is 7.39. The Balaban J connectivity index is 1.95. The normalized spacial score (nSPS) is 21.5. The predicted octanol–water partition coefficient (Wildman–Crippen LogP) is 2.78. The van der Waals surface area contributed by atoms with Crippen molar-refractivity contribution in [2.45, 2.75) is 46.4 Å². The van der Waals surface area contributed by atoms with Gasteiger partial charge in [-0.2, -0.15) is 0 Å². The quantitative estimate of drug-likeness (QED) is 0.899. The van der Waals surface area contributed by atoms with Gasteiger partial charge in [-0.15, -0.1) is 11.3 Å². The Bertz CT molecular complexity index is 391. The number of aryl methyl sites for hydroxylation is 1. The lowest BCUT2D eigenvalue weighted by atomic mass is 10.2. The molecule has 0 aliphatic carbocycles. The van der Waals surface area contributed by atoms with Crippen molar-refractivity contribution in [2.24, 2.45) is 0 Å². The Hall–Kier alpha value is -0.420. The van der Waals surface area contributed by atoms with E-state index in [1.807, 2.05) is 11.3 Å². The maximum atomic E-state index is 5.71. The number of thiophene rings is 1. The average Bonchev–Trinajstić information content (AvgIpc) is 2.58. The Morgan fingerprint density at radius 3 is 3.16 bits per heavy atom. The van der Waals surface area contributed by atoms with Gasteiger partial charge < -0.3 is 10.1 Å². The molecule has 108 valence electrons. The molecule has 3 nitrogen and oxygen atoms in total. The molecule has 1 unspecified atom stereocenters. The molecule has 0 saturated carbocycles. The highest BCUT2D eigenvalue weighted by atomic mass is 32.1. The molecule has 1 fully saturated rings. The van der Waals surface area contributed by atoms with Gasteiger partial charge in [-0.05, 0) is 38.4 Å². The maximum absolute atomic E-state index is 5.71. The third-order valence-corrected chi connectivity index (χ3v) is 4.64. The Morgan fingerprint density at radius 1 is 1.53 bits per heavy atom. The number of hydrogen-bond donors (Lipinski definition) is 1. The van der Waals surface area contributed by atoms with Gasteiger partial charge in [0.2, 0.25) is 0 Å². The van der Waals surface area contributed by atoms with Gasteiger partial charge >= 0.3 is 0 Å². The van der Waals surface area contributed by atoms with Crippen LogP contribution in [-0.2, 0) is 17.8 Å². The fourth-order valence-electron chi connectivity index (χ4n) is 2.54. The summed E-state index contributed by atoms with van der Waals surface area (Å²) in [6.07, 6.45) is 1.51. The first-order valence-corrected chi connectivity index (χ1v) is 8.13. The van der Waals surface area contributed by atoms with E-state index in [-0.39, 0.29) is 0 Å². The van der Waals surface area contributed by atoms with E-state index in [0.717, 1.165) is 45.8 Å². The van der Waals surface area contributed by atoms with E-state index in [0.29, 0.717) is 6.10 Å². The van der Waals surface area contributed by atoms with Crippen LogP contribution in [0.4, 0.5) is 0 Å². The summed E-state index contributed by atoms with van der Waals surface area (Å²) in [4.78, 5) is 5.45. The zero-order valence-electron chi connectivity index (χ0n) is 12.4. The van der Waals surface area contributed by atoms with Gasteiger partial charge in [0.05, 0.1) is 6.10 Å². The molecule has 0 amide bonds. The topological polar surface area (TPSA) is 24.5 Å². The van der Waals surface area contributed by atoms with Gasteiger partial charge in [0, 0.05) is 42.5 Å². The summed E-state index contributed by atoms with van der Waals surface area (Å²) in [5.74, 6) is 0. The molecule has 0 aromatic carbocycles. The first kappa shape index (κ1) is 15.0. The van der Waals surface area contributed by atoms with Crippen molar-refractivity contribution >= 4 is 11.3 Å². The minimum absolute atomic E-state index is 0.364. The first-order chi connectivity index (χ1) is 9.19. The number of hydrogen-bond acceptors (Lipinski definition) is 4. The molecule has 1 aliphatic heterocycles. The van der Waals surface area contributed by atoms with E-state index < -0.39 is 0 Å². The van der Waals surface area contributed by atoms with Crippen molar-refractivity contribution in [3.63, 3.8) is 0 Å². The minimum Gasteiger partial charge on any atom is -0.377 e. The summed E-state index contributed by atoms with van der Waals surface area (Å²) in [5.41, 5.74) is 1.49. The van der Waals surface area contributed by atoms with Gasteiger partial charge in [-0.3, -0.25) is 4.90 Å². The van der Waals surface area contributed by atoms with Gasteiger partial charge in [-0.25, -0.2) is 0 Å². The lowest BCUT2D eigenvalue weighted by Gasteiger charge is -2.21. The standard InChI is InChI=1S/C15H26N2OS/c1-4-16-9-15-8-14(13(3)19-15)11-17-6-5-7-18-12(2)10-17/h8,12,16H,4-7,9-11H2,1-3H3. The fraction of sp³-hybridized carbons (Fsp3) is 0.733. The zero-order chi connectivity index (χ0) is 13.7. The molecule has 2 heterocycles. The third kappa shape index (κ3) is 4.56. The Morgan fingerprint density at radius 2 is 2.37 bits per heavy atom. The highest BCUT2D eigenvalue weighted by Crippen LogP contribution is 2.23. The van der Waals surface area contributed by atoms with Crippen molar-refractivity contribution < 1.29 is 4.74 Å². The highest BCUT2D eigenvalue weighted by molar-refractivity contribution is 7.12. The van der Waals surface area contributed by atoms with Crippen LogP contribution in [-0.4, -0.2) is 37.2 Å². The molecule has 0 bridgehead atoms. The molecular formula is C15H26N2OS. The molecule has 2 rings (SSSR count). The third-order valence-electron chi connectivity index (χ3n) is 3.55. The number of ether oxygens (including phenoxy) is 1. The summed E-state index contributed by atoms with van der Waals surface area (Å²) in [7, 11) is 0. The summed E-state index contributed by atoms with van der Waals surface area (Å²) < 4.78 is 5.71. The molecule has 1 saturated heterocycles. The maximum Gasteiger partial charge on any atom is 0.0674 e. The summed E-state index contributed by atoms with van der Waals surface area (Å²) >= 11 is 1.93. The molecule has 1 N–H and O–H groups in total. The summed E-state index contributed by atoms with van der Waals surface area (Å²) in [6.45, 7) is 12.8. The second-order valence-electron chi connectivity index (χ2n) is 5.34. The molecule has 1 aromatic heterocycles. The monoisotopic (exact) mass is 282 g/mol. The van der Waals surface area contributed by atoms with Gasteiger partial charge in [0.25, 0.3) is 0 Å². The van der Waals surface area contributed by atoms with Crippen LogP contribution in [0.3, 0.4) is 0 Å². The molecule has 1 aromatic rings. The van der Waals surface area contributed by atoms with Crippen LogP contribution < -0.4 is 5.32 Å². The van der Waals surface area contributed by atoms with E-state index >= 15 is 0 Å². The Kier molecular flexibility index (Phi) is 5.82. The van der Waals surface area contributed by atoms with E-state index in [2.05, 4.69) is 37.1 Å². The molecule has 0 radical (unpaired) electrons. The number of rotatable bonds is 5. The second-order valence-corrected chi connectivity index (χ2v) is 6.69. The lowest BCUT2D eigenvalue weighted by molar-refractivity contribution is 0.0668. The molecule has 0 spiro atoms. The van der Waals surface area contributed by atoms with Crippen LogP contribution in [0.2, 0.25) is 0 Å². The molecule has 4 heteroatoms. The van der Waals surface area contributed by atoms with Crippen LogP contribution in [0.25, 0.3) is 0 Å². The largest absolute Gasteiger partial charge is 0.377 e. The van der Waals surface area contributed by atoms with Crippen LogP contribution in [0.1, 0.15) is 35.6 Å². The summed E-state index contributed by atoms with van der Waals surface area (Å²) in [5, 5.41) is 3.40. The van der Waals surface area contributed by atoms with Crippen LogP contribution in [0.5, 0.6) is 0 Å². The molecular weight excluding hydrogens is 256 g/mol. The van der Waals surface area contributed by atoms with E-state index in [9.17, 15) is 0 Å². The van der Waals surface area contributed by atoms with Crippen LogP contribution >= 0.6 is 11.3 Å². The van der Waals surface area contributed by atoms with Crippen molar-refractivity contribution in [2.75, 3.05) is 26.2 Å². The fourth-order valence-corrected chi connectivity index (χ4v) is 3.57. The highest BCUT2D eigenvalue weighted by Gasteiger charge is 2.16. The van der Waals surface area contributed by atoms with Gasteiger partial charge in [0.15, 0.2) is 0 Å². The van der Waals surface area contributed by atoms with Crippen LogP contribution in [0.15, 0.2) is 6.07 Å². The van der Waals surface area contributed by atoms with Crippen molar-refractivity contribution in [1.29, 1.82) is 0 Å². The van der Waals surface area contributed by atoms with Crippen LogP contribution in [0, 0.1) is 6.92 Å². The van der Waals surface area contributed by atoms with Gasteiger partial charge in [-0.1, -0.05) is 6.92 Å². The molecule has 1 atom stereocenters. The van der Waals surface area contributed by atoms with Gasteiger partial charge in [0.1, 0.15) is 0 Å². The Labute approximate surface area is 121 Å². The average molecular weight is 282 g/mol. The molecule has 1 aliphatic rings. The first-order valence-electron chi connectivity index (χ1n) is 7.32. The van der Waals surface area contributed by atoms with E-state index in [1.165, 1.54) is 15.3 Å². The van der Waals surface area contributed by atoms with Crippen molar-refractivity contribution in [1.82, 2.24) is 10.2 Å². The van der Waals surface area contributed by atoms with Crippen molar-refractivity contribution in [3.05, 3.63) is 21.4 Å². The van der Waals surface area contributed by atoms with Crippen molar-refractivity contribution in [3.8, 4) is 0 Å². The molecule has 19 heavy (non-hydrogen) atoms. The zero-order valence-corrected chi connectivity index (χ0v) is 13.2. The van der Waals surface area contributed by atoms with E-state index in [4.69, 9.17) is 4.74 Å². The number of nitrogens with one attached hydrogen (secondary N) is 1. The lowest BCUT2D eigenvalue weighted by Crippen LogP contribution is -2.29.